The predicted molar refractivity (Wildman–Crippen MR) is 201 cm³/mol. The van der Waals surface area contributed by atoms with E-state index in [0.29, 0.717) is 24.9 Å². The van der Waals surface area contributed by atoms with Crippen molar-refractivity contribution in [3.63, 3.8) is 0 Å². The summed E-state index contributed by atoms with van der Waals surface area (Å²) in [5.74, 6) is 5.25. The number of hydrogen-bond donors (Lipinski definition) is 4. The van der Waals surface area contributed by atoms with Gasteiger partial charge in [0.15, 0.2) is 5.88 Å². The van der Waals surface area contributed by atoms with E-state index in [1.54, 1.807) is 45.9 Å². The summed E-state index contributed by atoms with van der Waals surface area (Å²) < 4.78 is 5.19. The van der Waals surface area contributed by atoms with Gasteiger partial charge in [0.1, 0.15) is 19.2 Å². The number of alkyl carbamates (subject to hydrolysis) is 1. The number of nitrogens with zero attached hydrogens (tertiary/aromatic N) is 2. The van der Waals surface area contributed by atoms with Crippen molar-refractivity contribution in [1.29, 1.82) is 0 Å². The number of carboxylic acids is 1. The second-order valence-corrected chi connectivity index (χ2v) is 10.5. The minimum atomic E-state index is -0.813. The Morgan fingerprint density at radius 1 is 1.04 bits per heavy atom. The Hall–Kier alpha value is -5.44. The fraction of sp³-hybridized carbons (Fsp3) is 0.421. The van der Waals surface area contributed by atoms with E-state index in [1.807, 2.05) is 90.7 Å². The van der Waals surface area contributed by atoms with Crippen LogP contribution in [0.4, 0.5) is 10.5 Å². The summed E-state index contributed by atoms with van der Waals surface area (Å²) in [7, 11) is 1.69. The molecule has 0 aliphatic rings. The van der Waals surface area contributed by atoms with Crippen molar-refractivity contribution in [2.24, 2.45) is 4.99 Å². The molecule has 0 atom stereocenters. The van der Waals surface area contributed by atoms with Gasteiger partial charge in [-0.25, -0.2) is 4.79 Å². The predicted octanol–water partition coefficient (Wildman–Crippen LogP) is 7.21. The Balaban J connectivity index is -0.000000927. The molecule has 2 aromatic carbocycles. The molecular weight excluding hydrogens is 640 g/mol. The van der Waals surface area contributed by atoms with Gasteiger partial charge in [0, 0.05) is 43.6 Å². The first kappa shape index (κ1) is 49.0. The normalized spacial score (nSPS) is 9.48. The largest absolute Gasteiger partial charge is 0.494 e. The number of aromatic nitrogens is 1. The molecule has 4 N–H and O–H groups in total. The number of amides is 2. The fourth-order valence-electron chi connectivity index (χ4n) is 3.77. The van der Waals surface area contributed by atoms with Crippen molar-refractivity contribution in [1.82, 2.24) is 15.2 Å². The zero-order valence-corrected chi connectivity index (χ0v) is 31.3. The summed E-state index contributed by atoms with van der Waals surface area (Å²) in [5, 5.41) is 22.1. The highest BCUT2D eigenvalue weighted by Crippen LogP contribution is 2.29. The van der Waals surface area contributed by atoms with Gasteiger partial charge in [-0.15, -0.1) is 0 Å². The lowest BCUT2D eigenvalue weighted by atomic mass is 10.1. The van der Waals surface area contributed by atoms with Crippen molar-refractivity contribution in [2.75, 3.05) is 20.1 Å². The topological polar surface area (TPSA) is 178 Å². The maximum absolute atomic E-state index is 11.7. The number of fused-ring (bicyclic) bond motifs is 1. The first-order chi connectivity index (χ1) is 23.8. The molecule has 3 aromatic rings. The standard InChI is InChI=1S/C24H25N3O3.C8H15NO3.2C2H6.2CH2O/c1-16-8-5-11-18(14-16)26-15-19-21-17(9-6-12-20(21)27-22(19)28)10-7-13-25-23(29)30-24(2,3)4;1-3-7(10)9(2)6-4-5-8(11)12;4*1-2/h5-6,8-9,11-12,14-15,27-28H,13H2,1-4H3,(H,25,29);3-6H2,1-2H3,(H,11,12);2*1-2H3;2*1H2. The number of aliphatic carboxylic acids is 1. The molecule has 0 saturated heterocycles. The highest BCUT2D eigenvalue weighted by atomic mass is 16.6. The lowest BCUT2D eigenvalue weighted by Crippen LogP contribution is -2.32. The monoisotopic (exact) mass is 696 g/mol. The quantitative estimate of drug-likeness (QED) is 0.141. The van der Waals surface area contributed by atoms with Crippen LogP contribution in [0.15, 0.2) is 47.5 Å². The van der Waals surface area contributed by atoms with Gasteiger partial charge in [-0.1, -0.05) is 64.7 Å². The van der Waals surface area contributed by atoms with E-state index < -0.39 is 17.7 Å². The molecule has 1 heterocycles. The van der Waals surface area contributed by atoms with Crippen molar-refractivity contribution < 1.29 is 38.9 Å². The maximum Gasteiger partial charge on any atom is 0.408 e. The Labute approximate surface area is 297 Å². The van der Waals surface area contributed by atoms with E-state index in [1.165, 1.54) is 0 Å². The van der Waals surface area contributed by atoms with E-state index in [4.69, 9.17) is 19.4 Å². The van der Waals surface area contributed by atoms with E-state index in [-0.39, 0.29) is 24.8 Å². The lowest BCUT2D eigenvalue weighted by Gasteiger charge is -2.19. The third-order valence-electron chi connectivity index (χ3n) is 5.74. The second-order valence-electron chi connectivity index (χ2n) is 10.5. The van der Waals surface area contributed by atoms with Crippen molar-refractivity contribution in [3.05, 3.63) is 59.2 Å². The van der Waals surface area contributed by atoms with Gasteiger partial charge < -0.3 is 39.7 Å². The molecule has 0 radical (unpaired) electrons. The number of carbonyl (C=O) groups is 5. The lowest BCUT2D eigenvalue weighted by molar-refractivity contribution is -0.138. The molecule has 0 saturated carbocycles. The Bertz CT molecular complexity index is 1510. The van der Waals surface area contributed by atoms with Crippen LogP contribution in [-0.4, -0.2) is 83.6 Å². The number of ether oxygens (including phenoxy) is 1. The molecule has 12 heteroatoms. The summed E-state index contributed by atoms with van der Waals surface area (Å²) in [6, 6.07) is 13.4. The zero-order valence-electron chi connectivity index (χ0n) is 31.3. The highest BCUT2D eigenvalue weighted by Gasteiger charge is 2.15. The highest BCUT2D eigenvalue weighted by molar-refractivity contribution is 6.05. The summed E-state index contributed by atoms with van der Waals surface area (Å²) in [6.45, 7) is 21.9. The van der Waals surface area contributed by atoms with Crippen LogP contribution in [0.5, 0.6) is 5.88 Å². The van der Waals surface area contributed by atoms with Crippen LogP contribution in [0.3, 0.4) is 0 Å². The number of carboxylic acid groups (broad SMARTS) is 1. The third kappa shape index (κ3) is 20.7. The number of H-pyrrole nitrogens is 1. The van der Waals surface area contributed by atoms with Gasteiger partial charge in [0.05, 0.1) is 23.3 Å². The Kier molecular flexibility index (Phi) is 28.0. The molecule has 50 heavy (non-hydrogen) atoms. The number of rotatable bonds is 8. The summed E-state index contributed by atoms with van der Waals surface area (Å²) in [6.07, 6.45) is 2.25. The Morgan fingerprint density at radius 2 is 1.64 bits per heavy atom. The summed E-state index contributed by atoms with van der Waals surface area (Å²) >= 11 is 0. The molecule has 276 valence electrons. The van der Waals surface area contributed by atoms with Crippen molar-refractivity contribution in [2.45, 2.75) is 87.2 Å². The van der Waals surface area contributed by atoms with Crippen molar-refractivity contribution >= 4 is 54.4 Å². The van der Waals surface area contributed by atoms with Gasteiger partial charge >= 0.3 is 12.1 Å². The van der Waals surface area contributed by atoms with Crippen LogP contribution in [0.2, 0.25) is 0 Å². The van der Waals surface area contributed by atoms with Crippen LogP contribution in [0.25, 0.3) is 10.9 Å². The SMILES string of the molecule is C=O.C=O.CC.CC.CCC(=O)N(C)CCCC(=O)O.Cc1cccc(N=Cc2c(O)[nH]c3cccc(C#CCNC(=O)OC(C)(C)C)c23)c1. The molecule has 0 fully saturated rings. The van der Waals surface area contributed by atoms with Crippen LogP contribution >= 0.6 is 0 Å². The van der Waals surface area contributed by atoms with Crippen molar-refractivity contribution in [3.8, 4) is 17.7 Å². The van der Waals surface area contributed by atoms with E-state index >= 15 is 0 Å². The number of aryl methyl sites for hydroxylation is 1. The van der Waals surface area contributed by atoms with Gasteiger partial charge in [0.2, 0.25) is 5.91 Å². The molecule has 0 aliphatic heterocycles. The molecule has 12 nitrogen and oxygen atoms in total. The maximum atomic E-state index is 11.7. The molecule has 0 unspecified atom stereocenters. The molecule has 0 aliphatic carbocycles. The first-order valence-electron chi connectivity index (χ1n) is 16.2. The first-order valence-corrected chi connectivity index (χ1v) is 16.2. The number of aromatic amines is 1. The molecular formula is C38H56N4O8. The second kappa shape index (κ2) is 28.6. The summed E-state index contributed by atoms with van der Waals surface area (Å²) in [4.78, 5) is 57.8. The van der Waals surface area contributed by atoms with Gasteiger partial charge in [0.25, 0.3) is 0 Å². The molecule has 1 aromatic heterocycles. The number of aromatic hydroxyl groups is 1. The number of aliphatic imine (C=N–C) groups is 1. The third-order valence-corrected chi connectivity index (χ3v) is 5.74. The van der Waals surface area contributed by atoms with E-state index in [9.17, 15) is 19.5 Å². The van der Waals surface area contributed by atoms with Gasteiger partial charge in [-0.2, -0.15) is 0 Å². The number of benzene rings is 2. The van der Waals surface area contributed by atoms with E-state index in [0.717, 1.165) is 27.7 Å². The minimum absolute atomic E-state index is 0.0301. The zero-order chi connectivity index (χ0) is 39.3. The molecule has 0 spiro atoms. The number of nitrogens with one attached hydrogen (secondary N) is 2. The average molecular weight is 697 g/mol. The summed E-state index contributed by atoms with van der Waals surface area (Å²) in [5.41, 5.74) is 3.39. The van der Waals surface area contributed by atoms with Crippen LogP contribution in [-0.2, 0) is 23.9 Å². The molecule has 3 rings (SSSR count). The number of hydrogen-bond acceptors (Lipinski definition) is 8. The molecule has 2 amide bonds. The molecule has 0 bridgehead atoms. The Morgan fingerprint density at radius 3 is 2.18 bits per heavy atom. The van der Waals surface area contributed by atoms with Gasteiger partial charge in [-0.05, 0) is 63.9 Å². The number of carbonyl (C=O) groups excluding carboxylic acids is 4. The van der Waals surface area contributed by atoms with Gasteiger partial charge in [-0.3, -0.25) is 14.6 Å². The van der Waals surface area contributed by atoms with Crippen LogP contribution < -0.4 is 5.32 Å². The minimum Gasteiger partial charge on any atom is -0.494 e. The average Bonchev–Trinajstić information content (AvgIpc) is 3.43. The fourth-order valence-corrected chi connectivity index (χ4v) is 3.77. The van der Waals surface area contributed by atoms with E-state index in [2.05, 4.69) is 27.1 Å². The van der Waals surface area contributed by atoms with Crippen LogP contribution in [0, 0.1) is 18.8 Å². The van der Waals surface area contributed by atoms with Crippen LogP contribution in [0.1, 0.15) is 91.3 Å². The smallest absolute Gasteiger partial charge is 0.408 e.